The second-order valence-corrected chi connectivity index (χ2v) is 7.99. The van der Waals surface area contributed by atoms with Crippen LogP contribution < -0.4 is 5.32 Å². The van der Waals surface area contributed by atoms with Crippen molar-refractivity contribution in [3.8, 4) is 5.75 Å². The molecule has 4 nitrogen and oxygen atoms in total. The molecule has 5 heteroatoms. The monoisotopic (exact) mass is 354 g/mol. The van der Waals surface area contributed by atoms with Crippen LogP contribution in [0.1, 0.15) is 23.2 Å². The summed E-state index contributed by atoms with van der Waals surface area (Å²) >= 11 is 1.57. The Hall–Kier alpha value is -1.98. The average Bonchev–Trinajstić information content (AvgIpc) is 2.63. The summed E-state index contributed by atoms with van der Waals surface area (Å²) in [5.74, 6) is 0.917. The molecule has 2 aromatic rings. The van der Waals surface area contributed by atoms with Crippen LogP contribution in [0, 0.1) is 5.92 Å². The third kappa shape index (κ3) is 3.83. The van der Waals surface area contributed by atoms with E-state index in [1.54, 1.807) is 23.9 Å². The molecule has 130 valence electrons. The molecule has 0 saturated carbocycles. The minimum absolute atomic E-state index is 0.0210. The Bertz CT molecular complexity index is 755. The van der Waals surface area contributed by atoms with Crippen molar-refractivity contribution in [2.45, 2.75) is 28.7 Å². The van der Waals surface area contributed by atoms with Crippen molar-refractivity contribution < 1.29 is 9.90 Å². The van der Waals surface area contributed by atoms with Crippen molar-refractivity contribution in [2.24, 2.45) is 5.92 Å². The molecule has 0 radical (unpaired) electrons. The molecule has 3 heterocycles. The van der Waals surface area contributed by atoms with Crippen LogP contribution in [0.4, 0.5) is 0 Å². The minimum atomic E-state index is 0.0210. The lowest BCUT2D eigenvalue weighted by molar-refractivity contribution is 0.0620. The summed E-state index contributed by atoms with van der Waals surface area (Å²) in [5.41, 5.74) is 0.705. The normalized spacial score (nSPS) is 24.9. The number of piperidine rings is 3. The van der Waals surface area contributed by atoms with E-state index >= 15 is 0 Å². The number of benzene rings is 2. The molecule has 0 aliphatic carbocycles. The maximum atomic E-state index is 12.5. The van der Waals surface area contributed by atoms with E-state index < -0.39 is 0 Å². The van der Waals surface area contributed by atoms with Gasteiger partial charge in [0, 0.05) is 27.9 Å². The Labute approximate surface area is 152 Å². The summed E-state index contributed by atoms with van der Waals surface area (Å²) in [4.78, 5) is 17.0. The second-order valence-electron chi connectivity index (χ2n) is 6.84. The van der Waals surface area contributed by atoms with Gasteiger partial charge in [0.1, 0.15) is 5.75 Å². The summed E-state index contributed by atoms with van der Waals surface area (Å²) < 4.78 is 0. The van der Waals surface area contributed by atoms with Crippen LogP contribution in [0.15, 0.2) is 58.3 Å². The number of phenolic OH excluding ortho intramolecular Hbond substituents is 1. The summed E-state index contributed by atoms with van der Waals surface area (Å²) in [6, 6.07) is 15.1. The zero-order valence-electron chi connectivity index (χ0n) is 14.0. The first-order chi connectivity index (χ1) is 12.2. The van der Waals surface area contributed by atoms with Gasteiger partial charge in [-0.15, -0.1) is 0 Å². The molecule has 0 aromatic heterocycles. The van der Waals surface area contributed by atoms with E-state index in [0.717, 1.165) is 16.3 Å². The van der Waals surface area contributed by atoms with Crippen molar-refractivity contribution in [1.29, 1.82) is 0 Å². The molecule has 3 fully saturated rings. The zero-order valence-corrected chi connectivity index (χ0v) is 14.8. The van der Waals surface area contributed by atoms with Crippen LogP contribution in [-0.2, 0) is 0 Å². The Kier molecular flexibility index (Phi) is 4.68. The standard InChI is InChI=1S/C20H22N2O2S/c23-16-2-1-3-18(12-16)25-17-6-4-15(5-7-17)20(24)21-19-13-22-10-8-14(19)9-11-22/h1-7,12,14,19,23H,8-11,13H2,(H,21,24)/t19-/m0/s1. The summed E-state index contributed by atoms with van der Waals surface area (Å²) in [6.45, 7) is 3.35. The molecule has 0 unspecified atom stereocenters. The number of aromatic hydroxyl groups is 1. The predicted octanol–water partition coefficient (Wildman–Crippen LogP) is 3.37. The second kappa shape index (κ2) is 7.10. The molecule has 3 aliphatic heterocycles. The van der Waals surface area contributed by atoms with Crippen molar-refractivity contribution in [3.05, 3.63) is 54.1 Å². The lowest BCUT2D eigenvalue weighted by Crippen LogP contribution is -2.57. The van der Waals surface area contributed by atoms with E-state index in [0.29, 0.717) is 11.5 Å². The lowest BCUT2D eigenvalue weighted by atomic mass is 9.84. The van der Waals surface area contributed by atoms with Gasteiger partial charge < -0.3 is 15.3 Å². The van der Waals surface area contributed by atoms with Gasteiger partial charge in [-0.25, -0.2) is 0 Å². The Morgan fingerprint density at radius 2 is 1.84 bits per heavy atom. The highest BCUT2D eigenvalue weighted by Gasteiger charge is 2.34. The van der Waals surface area contributed by atoms with Gasteiger partial charge in [0.25, 0.3) is 5.91 Å². The first kappa shape index (κ1) is 16.5. The van der Waals surface area contributed by atoms with E-state index in [1.807, 2.05) is 36.4 Å². The maximum absolute atomic E-state index is 12.5. The van der Waals surface area contributed by atoms with E-state index in [-0.39, 0.29) is 17.7 Å². The smallest absolute Gasteiger partial charge is 0.251 e. The van der Waals surface area contributed by atoms with Gasteiger partial charge in [0.15, 0.2) is 0 Å². The molecule has 2 bridgehead atoms. The highest BCUT2D eigenvalue weighted by atomic mass is 32.2. The van der Waals surface area contributed by atoms with Crippen molar-refractivity contribution >= 4 is 17.7 Å². The van der Waals surface area contributed by atoms with Gasteiger partial charge in [-0.2, -0.15) is 0 Å². The molecule has 25 heavy (non-hydrogen) atoms. The van der Waals surface area contributed by atoms with Gasteiger partial charge in [-0.1, -0.05) is 17.8 Å². The Morgan fingerprint density at radius 1 is 1.08 bits per heavy atom. The van der Waals surface area contributed by atoms with Crippen LogP contribution in [0.25, 0.3) is 0 Å². The first-order valence-electron chi connectivity index (χ1n) is 8.77. The largest absolute Gasteiger partial charge is 0.508 e. The number of hydrogen-bond donors (Lipinski definition) is 2. The van der Waals surface area contributed by atoms with Crippen LogP contribution in [0.2, 0.25) is 0 Å². The number of hydrogen-bond acceptors (Lipinski definition) is 4. The average molecular weight is 354 g/mol. The highest BCUT2D eigenvalue weighted by molar-refractivity contribution is 7.99. The van der Waals surface area contributed by atoms with Gasteiger partial charge in [-0.05, 0) is 74.3 Å². The fraction of sp³-hybridized carbons (Fsp3) is 0.350. The molecule has 1 atom stereocenters. The number of nitrogens with one attached hydrogen (secondary N) is 1. The van der Waals surface area contributed by atoms with E-state index in [1.165, 1.54) is 25.9 Å². The number of phenols is 1. The van der Waals surface area contributed by atoms with Gasteiger partial charge >= 0.3 is 0 Å². The van der Waals surface area contributed by atoms with E-state index in [9.17, 15) is 9.90 Å². The molecule has 2 N–H and O–H groups in total. The predicted molar refractivity (Wildman–Crippen MR) is 99.1 cm³/mol. The zero-order chi connectivity index (χ0) is 17.2. The summed E-state index contributed by atoms with van der Waals surface area (Å²) in [6.07, 6.45) is 2.40. The minimum Gasteiger partial charge on any atom is -0.508 e. The van der Waals surface area contributed by atoms with Crippen LogP contribution in [0.5, 0.6) is 5.75 Å². The number of rotatable bonds is 4. The topological polar surface area (TPSA) is 52.6 Å². The molecule has 5 rings (SSSR count). The third-order valence-corrected chi connectivity index (χ3v) is 6.14. The number of amides is 1. The van der Waals surface area contributed by atoms with Gasteiger partial charge in [-0.3, -0.25) is 4.79 Å². The van der Waals surface area contributed by atoms with E-state index in [2.05, 4.69) is 10.2 Å². The van der Waals surface area contributed by atoms with Crippen molar-refractivity contribution in [2.75, 3.05) is 19.6 Å². The van der Waals surface area contributed by atoms with Crippen molar-refractivity contribution in [1.82, 2.24) is 10.2 Å². The molecule has 3 saturated heterocycles. The van der Waals surface area contributed by atoms with Crippen LogP contribution >= 0.6 is 11.8 Å². The molecular formula is C20H22N2O2S. The van der Waals surface area contributed by atoms with Gasteiger partial charge in [0.05, 0.1) is 0 Å². The fourth-order valence-corrected chi connectivity index (χ4v) is 4.61. The molecule has 3 aliphatic rings. The number of fused-ring (bicyclic) bond motifs is 3. The Morgan fingerprint density at radius 3 is 2.48 bits per heavy atom. The third-order valence-electron chi connectivity index (χ3n) is 5.14. The summed E-state index contributed by atoms with van der Waals surface area (Å²) in [7, 11) is 0. The van der Waals surface area contributed by atoms with Crippen LogP contribution in [0.3, 0.4) is 0 Å². The Balaban J connectivity index is 1.39. The number of carbonyl (C=O) groups excluding carboxylic acids is 1. The first-order valence-corrected chi connectivity index (χ1v) is 9.59. The van der Waals surface area contributed by atoms with Crippen molar-refractivity contribution in [3.63, 3.8) is 0 Å². The number of carbonyl (C=O) groups is 1. The molecule has 1 amide bonds. The SMILES string of the molecule is O=C(N[C@H]1CN2CCC1CC2)c1ccc(Sc2cccc(O)c2)cc1. The maximum Gasteiger partial charge on any atom is 0.251 e. The molecule has 2 aromatic carbocycles. The highest BCUT2D eigenvalue weighted by Crippen LogP contribution is 2.30. The lowest BCUT2D eigenvalue weighted by Gasteiger charge is -2.44. The van der Waals surface area contributed by atoms with Gasteiger partial charge in [0.2, 0.25) is 0 Å². The van der Waals surface area contributed by atoms with Crippen LogP contribution in [-0.4, -0.2) is 41.6 Å². The summed E-state index contributed by atoms with van der Waals surface area (Å²) in [5, 5.41) is 12.8. The quantitative estimate of drug-likeness (QED) is 0.884. The van der Waals surface area contributed by atoms with E-state index in [4.69, 9.17) is 0 Å². The molecular weight excluding hydrogens is 332 g/mol. The fourth-order valence-electron chi connectivity index (χ4n) is 3.74. The number of nitrogens with zero attached hydrogens (tertiary/aromatic N) is 1. The molecule has 0 spiro atoms.